The van der Waals surface area contributed by atoms with Crippen LogP contribution in [0.4, 0.5) is 5.69 Å². The number of aromatic nitrogens is 1. The molecular weight excluding hydrogens is 358 g/mol. The van der Waals surface area contributed by atoms with Gasteiger partial charge in [-0.15, -0.1) is 0 Å². The van der Waals surface area contributed by atoms with E-state index in [4.69, 9.17) is 23.8 Å². The van der Waals surface area contributed by atoms with Crippen molar-refractivity contribution >= 4 is 56.1 Å². The van der Waals surface area contributed by atoms with E-state index < -0.39 is 0 Å². The third-order valence-corrected chi connectivity index (χ3v) is 4.31. The second kappa shape index (κ2) is 5.60. The zero-order valence-corrected chi connectivity index (χ0v) is 13.4. The van der Waals surface area contributed by atoms with Crippen LogP contribution in [0.5, 0.6) is 0 Å². The monoisotopic (exact) mass is 365 g/mol. The average molecular weight is 367 g/mol. The molecule has 1 aromatic heterocycles. The number of hydrogen-bond donors (Lipinski definition) is 1. The fourth-order valence-corrected chi connectivity index (χ4v) is 2.68. The fraction of sp³-hybridized carbons (Fsp3) is 0.0714. The summed E-state index contributed by atoms with van der Waals surface area (Å²) in [5.41, 5.74) is 3.38. The van der Waals surface area contributed by atoms with Crippen molar-refractivity contribution < 1.29 is 0 Å². The predicted octanol–water partition coefficient (Wildman–Crippen LogP) is 4.09. The van der Waals surface area contributed by atoms with Crippen molar-refractivity contribution in [1.82, 2.24) is 4.98 Å². The van der Waals surface area contributed by atoms with Gasteiger partial charge in [0.1, 0.15) is 4.99 Å². The van der Waals surface area contributed by atoms with Crippen LogP contribution in [-0.4, -0.2) is 22.2 Å². The lowest BCUT2D eigenvalue weighted by atomic mass is 10.0. The van der Waals surface area contributed by atoms with Gasteiger partial charge in [0.25, 0.3) is 0 Å². The van der Waals surface area contributed by atoms with Gasteiger partial charge in [-0.3, -0.25) is 9.98 Å². The Morgan fingerprint density at radius 2 is 2.15 bits per heavy atom. The highest BCUT2D eigenvalue weighted by Crippen LogP contribution is 2.32. The summed E-state index contributed by atoms with van der Waals surface area (Å²) in [4.78, 5) is 9.60. The summed E-state index contributed by atoms with van der Waals surface area (Å²) < 4.78 is 0.815. The minimum atomic E-state index is 0.436. The van der Waals surface area contributed by atoms with Crippen molar-refractivity contribution in [1.29, 1.82) is 0 Å². The summed E-state index contributed by atoms with van der Waals surface area (Å²) in [6, 6.07) is 9.51. The third-order valence-electron chi connectivity index (χ3n) is 2.88. The van der Waals surface area contributed by atoms with Crippen LogP contribution in [0.3, 0.4) is 0 Å². The van der Waals surface area contributed by atoms with Crippen LogP contribution >= 0.6 is 39.7 Å². The van der Waals surface area contributed by atoms with Gasteiger partial charge in [-0.2, -0.15) is 0 Å². The van der Waals surface area contributed by atoms with Gasteiger partial charge in [0.15, 0.2) is 0 Å². The molecule has 100 valence electrons. The number of fused-ring (bicyclic) bond motifs is 1. The Morgan fingerprint density at radius 1 is 1.30 bits per heavy atom. The summed E-state index contributed by atoms with van der Waals surface area (Å²) in [6.07, 6.45) is 1.74. The van der Waals surface area contributed by atoms with Gasteiger partial charge in [0, 0.05) is 21.9 Å². The molecule has 1 aliphatic rings. The molecular formula is C14H9BrClN3S. The number of pyridine rings is 1. The van der Waals surface area contributed by atoms with Crippen LogP contribution in [0.15, 0.2) is 46.0 Å². The number of rotatable bonds is 1. The molecule has 0 saturated carbocycles. The van der Waals surface area contributed by atoms with Gasteiger partial charge >= 0.3 is 0 Å². The zero-order chi connectivity index (χ0) is 14.1. The van der Waals surface area contributed by atoms with Gasteiger partial charge < -0.3 is 5.32 Å². The molecule has 1 N–H and O–H groups in total. The van der Waals surface area contributed by atoms with Crippen LogP contribution in [-0.2, 0) is 0 Å². The first kappa shape index (κ1) is 13.7. The molecule has 0 spiro atoms. The molecule has 0 saturated heterocycles. The van der Waals surface area contributed by atoms with Gasteiger partial charge in [-0.1, -0.05) is 29.9 Å². The Labute approximate surface area is 135 Å². The van der Waals surface area contributed by atoms with Crippen molar-refractivity contribution in [3.05, 3.63) is 57.3 Å². The van der Waals surface area contributed by atoms with Crippen LogP contribution in [0.1, 0.15) is 11.3 Å². The summed E-state index contributed by atoms with van der Waals surface area (Å²) in [7, 11) is 0. The maximum Gasteiger partial charge on any atom is 0.102 e. The van der Waals surface area contributed by atoms with E-state index >= 15 is 0 Å². The van der Waals surface area contributed by atoms with E-state index in [-0.39, 0.29) is 0 Å². The normalized spacial score (nSPS) is 14.1. The zero-order valence-electron chi connectivity index (χ0n) is 10.2. The second-order valence-corrected chi connectivity index (χ2v) is 5.99. The van der Waals surface area contributed by atoms with E-state index in [2.05, 4.69) is 31.2 Å². The van der Waals surface area contributed by atoms with Gasteiger partial charge in [-0.05, 0) is 40.2 Å². The molecule has 0 fully saturated rings. The molecule has 0 radical (unpaired) electrons. The average Bonchev–Trinajstić information content (AvgIpc) is 2.59. The van der Waals surface area contributed by atoms with Crippen LogP contribution in [0.25, 0.3) is 0 Å². The van der Waals surface area contributed by atoms with E-state index in [0.717, 1.165) is 27.1 Å². The molecule has 0 atom stereocenters. The van der Waals surface area contributed by atoms with Gasteiger partial charge in [0.05, 0.1) is 23.0 Å². The minimum Gasteiger partial charge on any atom is -0.348 e. The van der Waals surface area contributed by atoms with Crippen molar-refractivity contribution in [3.63, 3.8) is 0 Å². The summed E-state index contributed by atoms with van der Waals surface area (Å²) in [5.74, 6) is 0. The van der Waals surface area contributed by atoms with Crippen molar-refractivity contribution in [3.8, 4) is 0 Å². The lowest BCUT2D eigenvalue weighted by Crippen LogP contribution is -2.11. The molecule has 0 aliphatic carbocycles. The Kier molecular flexibility index (Phi) is 3.83. The Hall–Kier alpha value is -1.30. The highest BCUT2D eigenvalue weighted by molar-refractivity contribution is 9.10. The molecule has 0 unspecified atom stereocenters. The van der Waals surface area contributed by atoms with Crippen LogP contribution < -0.4 is 5.32 Å². The quantitative estimate of drug-likeness (QED) is 0.773. The summed E-state index contributed by atoms with van der Waals surface area (Å²) in [5, 5.41) is 3.82. The van der Waals surface area contributed by atoms with E-state index in [1.54, 1.807) is 6.20 Å². The molecule has 0 amide bonds. The minimum absolute atomic E-state index is 0.436. The first-order valence-corrected chi connectivity index (χ1v) is 7.48. The molecule has 3 nitrogen and oxygen atoms in total. The van der Waals surface area contributed by atoms with E-state index in [1.165, 1.54) is 0 Å². The molecule has 6 heteroatoms. The van der Waals surface area contributed by atoms with Crippen molar-refractivity contribution in [2.45, 2.75) is 0 Å². The third kappa shape index (κ3) is 2.61. The van der Waals surface area contributed by atoms with E-state index in [9.17, 15) is 0 Å². The molecule has 2 aromatic rings. The van der Waals surface area contributed by atoms with E-state index in [0.29, 0.717) is 16.6 Å². The maximum atomic E-state index is 6.21. The highest BCUT2D eigenvalue weighted by atomic mass is 79.9. The Bertz CT molecular complexity index is 716. The first-order chi connectivity index (χ1) is 9.65. The number of aliphatic imine (C=N–C) groups is 1. The van der Waals surface area contributed by atoms with Crippen molar-refractivity contribution in [2.75, 3.05) is 11.9 Å². The summed E-state index contributed by atoms with van der Waals surface area (Å²) in [6.45, 7) is 0.436. The maximum absolute atomic E-state index is 6.21. The molecule has 0 bridgehead atoms. The lowest BCUT2D eigenvalue weighted by molar-refractivity contribution is 1.25. The number of benzodiazepines with no additional fused rings is 1. The largest absolute Gasteiger partial charge is 0.348 e. The fourth-order valence-electron chi connectivity index (χ4n) is 1.99. The predicted molar refractivity (Wildman–Crippen MR) is 90.1 cm³/mol. The molecule has 1 aliphatic heterocycles. The molecule has 1 aromatic carbocycles. The number of thiocarbonyl (C=S) groups is 1. The number of benzene rings is 1. The number of anilines is 1. The summed E-state index contributed by atoms with van der Waals surface area (Å²) >= 11 is 14.9. The lowest BCUT2D eigenvalue weighted by Gasteiger charge is -2.11. The molecule has 2 heterocycles. The first-order valence-electron chi connectivity index (χ1n) is 5.90. The SMILES string of the molecule is S=C1CN=C(c2ccccn2)c2cc(Cl)c(Br)cc2N1. The van der Waals surface area contributed by atoms with Crippen molar-refractivity contribution in [2.24, 2.45) is 4.99 Å². The smallest absolute Gasteiger partial charge is 0.102 e. The molecule has 3 rings (SSSR count). The number of hydrogen-bond acceptors (Lipinski definition) is 3. The topological polar surface area (TPSA) is 37.3 Å². The standard InChI is InChI=1S/C14H9BrClN3S/c15-9-6-12-8(5-10(9)16)14(18-7-13(20)19-12)11-3-1-2-4-17-11/h1-6H,7H2,(H,19,20). The second-order valence-electron chi connectivity index (χ2n) is 4.24. The van der Waals surface area contributed by atoms with Crippen LogP contribution in [0, 0.1) is 0 Å². The number of nitrogens with zero attached hydrogens (tertiary/aromatic N) is 2. The van der Waals surface area contributed by atoms with Crippen LogP contribution in [0.2, 0.25) is 5.02 Å². The highest BCUT2D eigenvalue weighted by Gasteiger charge is 2.19. The Balaban J connectivity index is 2.22. The number of halogens is 2. The van der Waals surface area contributed by atoms with Gasteiger partial charge in [-0.25, -0.2) is 0 Å². The number of nitrogens with one attached hydrogen (secondary N) is 1. The van der Waals surface area contributed by atoms with Gasteiger partial charge in [0.2, 0.25) is 0 Å². The molecule has 20 heavy (non-hydrogen) atoms. The van der Waals surface area contributed by atoms with E-state index in [1.807, 2.05) is 30.3 Å². The Morgan fingerprint density at radius 3 is 2.90 bits per heavy atom.